The van der Waals surface area contributed by atoms with Crippen molar-refractivity contribution in [2.75, 3.05) is 10.6 Å². The lowest BCUT2D eigenvalue weighted by Crippen LogP contribution is -2.19. The quantitative estimate of drug-likeness (QED) is 0.171. The number of benzene rings is 4. The first kappa shape index (κ1) is 27.6. The summed E-state index contributed by atoms with van der Waals surface area (Å²) in [6.45, 7) is 2.05. The molecule has 5 aromatic rings. The molecule has 40 heavy (non-hydrogen) atoms. The molecule has 200 valence electrons. The Morgan fingerprint density at radius 3 is 2.27 bits per heavy atom. The Balaban J connectivity index is 1.25. The van der Waals surface area contributed by atoms with Gasteiger partial charge in [0.05, 0.1) is 12.1 Å². The zero-order chi connectivity index (χ0) is 27.9. The van der Waals surface area contributed by atoms with Crippen molar-refractivity contribution in [1.29, 1.82) is 0 Å². The second-order valence-electron chi connectivity index (χ2n) is 9.18. The Labute approximate surface area is 246 Å². The van der Waals surface area contributed by atoms with Gasteiger partial charge in [-0.1, -0.05) is 83.9 Å². The van der Waals surface area contributed by atoms with Gasteiger partial charge in [-0.15, -0.1) is 23.1 Å². The van der Waals surface area contributed by atoms with E-state index in [1.54, 1.807) is 12.1 Å². The van der Waals surface area contributed by atoms with Crippen LogP contribution in [0.5, 0.6) is 0 Å². The van der Waals surface area contributed by atoms with Crippen molar-refractivity contribution in [3.63, 3.8) is 0 Å². The number of aromatic nitrogens is 1. The van der Waals surface area contributed by atoms with Gasteiger partial charge in [-0.2, -0.15) is 0 Å². The van der Waals surface area contributed by atoms with Crippen LogP contribution < -0.4 is 10.6 Å². The molecule has 1 unspecified atom stereocenters. The number of thiazole rings is 1. The number of aryl methyl sites for hydroxylation is 1. The summed E-state index contributed by atoms with van der Waals surface area (Å²) < 4.78 is 0. The molecular weight excluding hydrogens is 558 g/mol. The molecule has 0 bridgehead atoms. The smallest absolute Gasteiger partial charge is 0.244 e. The summed E-state index contributed by atoms with van der Waals surface area (Å²) in [5, 5.41) is 8.59. The molecule has 0 spiro atoms. The number of halogens is 1. The van der Waals surface area contributed by atoms with E-state index in [9.17, 15) is 9.59 Å². The average molecular weight is 584 g/mol. The minimum atomic E-state index is -0.488. The molecule has 0 aliphatic carbocycles. The van der Waals surface area contributed by atoms with Gasteiger partial charge in [-0.3, -0.25) is 9.59 Å². The molecule has 1 aromatic heterocycles. The van der Waals surface area contributed by atoms with Crippen molar-refractivity contribution in [1.82, 2.24) is 4.98 Å². The molecule has 8 heteroatoms. The monoisotopic (exact) mass is 583 g/mol. The summed E-state index contributed by atoms with van der Waals surface area (Å²) in [4.78, 5) is 31.5. The Morgan fingerprint density at radius 1 is 0.875 bits per heavy atom. The van der Waals surface area contributed by atoms with E-state index in [2.05, 4.69) is 15.6 Å². The highest BCUT2D eigenvalue weighted by Gasteiger charge is 2.23. The lowest BCUT2D eigenvalue weighted by Gasteiger charge is -2.16. The maximum Gasteiger partial charge on any atom is 0.244 e. The molecule has 1 atom stereocenters. The topological polar surface area (TPSA) is 71.1 Å². The molecular formula is C32H26ClN3O2S2. The van der Waals surface area contributed by atoms with Crippen molar-refractivity contribution < 1.29 is 9.59 Å². The maximum absolute atomic E-state index is 13.5. The minimum absolute atomic E-state index is 0.113. The fourth-order valence-electron chi connectivity index (χ4n) is 4.01. The van der Waals surface area contributed by atoms with E-state index in [4.69, 9.17) is 11.6 Å². The first-order chi connectivity index (χ1) is 19.4. The van der Waals surface area contributed by atoms with E-state index < -0.39 is 5.25 Å². The molecule has 4 aromatic carbocycles. The summed E-state index contributed by atoms with van der Waals surface area (Å²) in [5.74, 6) is -0.265. The Kier molecular flexibility index (Phi) is 8.96. The standard InChI is InChI=1S/C32H26ClN3O2S2/c1-21-7-11-23(12-8-21)28-20-39-32(35-28)36-31(38)30(24-5-3-2-4-6-24)40-27-17-15-26(16-18-27)34-29(37)19-22-9-13-25(33)14-10-22/h2-18,20,30H,19H2,1H3,(H,34,37)(H,35,36,38). The highest BCUT2D eigenvalue weighted by Crippen LogP contribution is 2.37. The molecule has 5 nitrogen and oxygen atoms in total. The molecule has 5 rings (SSSR count). The second kappa shape index (κ2) is 13.0. The number of amides is 2. The van der Waals surface area contributed by atoms with E-state index >= 15 is 0 Å². The van der Waals surface area contributed by atoms with Gasteiger partial charge < -0.3 is 10.6 Å². The summed E-state index contributed by atoms with van der Waals surface area (Å²) >= 11 is 8.78. The fraction of sp³-hybridized carbons (Fsp3) is 0.0938. The lowest BCUT2D eigenvalue weighted by molar-refractivity contribution is -0.116. The van der Waals surface area contributed by atoms with E-state index in [1.165, 1.54) is 28.7 Å². The molecule has 2 amide bonds. The number of hydrogen-bond acceptors (Lipinski definition) is 5. The van der Waals surface area contributed by atoms with Crippen molar-refractivity contribution in [2.24, 2.45) is 0 Å². The third kappa shape index (κ3) is 7.39. The van der Waals surface area contributed by atoms with Crippen LogP contribution in [0.3, 0.4) is 0 Å². The Hall–Kier alpha value is -3.91. The third-order valence-corrected chi connectivity index (χ3v) is 8.37. The highest BCUT2D eigenvalue weighted by molar-refractivity contribution is 8.00. The largest absolute Gasteiger partial charge is 0.326 e. The van der Waals surface area contributed by atoms with Gasteiger partial charge >= 0.3 is 0 Å². The number of rotatable bonds is 9. The van der Waals surface area contributed by atoms with Crippen LogP contribution in [0.25, 0.3) is 11.3 Å². The number of anilines is 2. The van der Waals surface area contributed by atoms with Gasteiger partial charge in [0.25, 0.3) is 0 Å². The van der Waals surface area contributed by atoms with Crippen LogP contribution in [-0.2, 0) is 16.0 Å². The number of carbonyl (C=O) groups excluding carboxylic acids is 2. The SMILES string of the molecule is Cc1ccc(-c2csc(NC(=O)C(Sc3ccc(NC(=O)Cc4ccc(Cl)cc4)cc3)c3ccccc3)n2)cc1. The second-order valence-corrected chi connectivity index (χ2v) is 11.7. The van der Waals surface area contributed by atoms with Crippen LogP contribution in [0, 0.1) is 6.92 Å². The van der Waals surface area contributed by atoms with E-state index in [-0.39, 0.29) is 18.2 Å². The molecule has 2 N–H and O–H groups in total. The van der Waals surface area contributed by atoms with Crippen molar-refractivity contribution in [3.8, 4) is 11.3 Å². The van der Waals surface area contributed by atoms with Crippen LogP contribution in [0.15, 0.2) is 113 Å². The van der Waals surface area contributed by atoms with Crippen LogP contribution in [-0.4, -0.2) is 16.8 Å². The predicted octanol–water partition coefficient (Wildman–Crippen LogP) is 8.43. The zero-order valence-electron chi connectivity index (χ0n) is 21.6. The third-order valence-electron chi connectivity index (χ3n) is 6.09. The van der Waals surface area contributed by atoms with Crippen molar-refractivity contribution in [3.05, 3.63) is 130 Å². The van der Waals surface area contributed by atoms with Crippen molar-refractivity contribution in [2.45, 2.75) is 23.5 Å². The number of thioether (sulfide) groups is 1. The van der Waals surface area contributed by atoms with Gasteiger partial charge in [0.2, 0.25) is 11.8 Å². The molecule has 0 aliphatic rings. The Morgan fingerprint density at radius 2 is 1.57 bits per heavy atom. The van der Waals surface area contributed by atoms with E-state index in [1.807, 2.05) is 103 Å². The van der Waals surface area contributed by atoms with E-state index in [0.29, 0.717) is 15.8 Å². The number of hydrogen-bond donors (Lipinski definition) is 2. The lowest BCUT2D eigenvalue weighted by atomic mass is 10.1. The van der Waals surface area contributed by atoms with Gasteiger partial charge in [0.15, 0.2) is 5.13 Å². The zero-order valence-corrected chi connectivity index (χ0v) is 24.0. The molecule has 0 saturated carbocycles. The minimum Gasteiger partial charge on any atom is -0.326 e. The van der Waals surface area contributed by atoms with Crippen LogP contribution >= 0.6 is 34.7 Å². The molecule has 1 heterocycles. The maximum atomic E-state index is 13.5. The summed E-state index contributed by atoms with van der Waals surface area (Å²) in [5.41, 5.74) is 5.49. The molecule has 0 radical (unpaired) electrons. The summed E-state index contributed by atoms with van der Waals surface area (Å²) in [6, 6.07) is 32.5. The predicted molar refractivity (Wildman–Crippen MR) is 166 cm³/mol. The normalized spacial score (nSPS) is 11.6. The first-order valence-corrected chi connectivity index (χ1v) is 14.8. The molecule has 0 aliphatic heterocycles. The molecule has 0 fully saturated rings. The van der Waals surface area contributed by atoms with Gasteiger partial charge in [-0.25, -0.2) is 4.98 Å². The molecule has 0 saturated heterocycles. The van der Waals surface area contributed by atoms with Crippen LogP contribution in [0.1, 0.15) is 21.9 Å². The Bertz CT molecular complexity index is 1590. The van der Waals surface area contributed by atoms with Gasteiger partial charge in [0.1, 0.15) is 5.25 Å². The first-order valence-electron chi connectivity index (χ1n) is 12.6. The summed E-state index contributed by atoms with van der Waals surface area (Å²) in [7, 11) is 0. The highest BCUT2D eigenvalue weighted by atomic mass is 35.5. The van der Waals surface area contributed by atoms with Gasteiger partial charge in [-0.05, 0) is 54.4 Å². The van der Waals surface area contributed by atoms with Crippen LogP contribution in [0.4, 0.5) is 10.8 Å². The number of nitrogens with one attached hydrogen (secondary N) is 2. The van der Waals surface area contributed by atoms with Crippen molar-refractivity contribution >= 4 is 57.3 Å². The fourth-order valence-corrected chi connectivity index (χ4v) is 5.88. The average Bonchev–Trinajstić information content (AvgIpc) is 3.43. The summed E-state index contributed by atoms with van der Waals surface area (Å²) in [6.07, 6.45) is 0.256. The van der Waals surface area contributed by atoms with Crippen LogP contribution in [0.2, 0.25) is 5.02 Å². The number of nitrogens with zero attached hydrogens (tertiary/aromatic N) is 1. The van der Waals surface area contributed by atoms with E-state index in [0.717, 1.165) is 27.3 Å². The van der Waals surface area contributed by atoms with Gasteiger partial charge in [0, 0.05) is 26.5 Å². The number of carbonyl (C=O) groups is 2.